The highest BCUT2D eigenvalue weighted by Crippen LogP contribution is 2.44. The largest absolute Gasteiger partial charge is 0.497 e. The topological polar surface area (TPSA) is 67.9 Å². The van der Waals surface area contributed by atoms with Crippen molar-refractivity contribution in [3.63, 3.8) is 0 Å². The molecule has 0 saturated carbocycles. The Morgan fingerprint density at radius 1 is 1.00 bits per heavy atom. The van der Waals surface area contributed by atoms with Crippen LogP contribution in [0.25, 0.3) is 0 Å². The van der Waals surface area contributed by atoms with Gasteiger partial charge in [-0.3, -0.25) is 14.5 Å². The second kappa shape index (κ2) is 10.2. The van der Waals surface area contributed by atoms with E-state index < -0.39 is 0 Å². The zero-order chi connectivity index (χ0) is 24.2. The molecule has 7 heteroatoms. The van der Waals surface area contributed by atoms with E-state index in [2.05, 4.69) is 25.2 Å². The van der Waals surface area contributed by atoms with E-state index in [1.54, 1.807) is 44.2 Å². The molecule has 2 amide bonds. The van der Waals surface area contributed by atoms with Crippen molar-refractivity contribution >= 4 is 35.0 Å². The van der Waals surface area contributed by atoms with Gasteiger partial charge in [-0.25, -0.2) is 0 Å². The number of rotatable bonds is 7. The fourth-order valence-corrected chi connectivity index (χ4v) is 5.20. The molecular weight excluding hydrogens is 448 g/mol. The quantitative estimate of drug-likeness (QED) is 0.463. The number of nitrogens with one attached hydrogen (secondary N) is 1. The summed E-state index contributed by atoms with van der Waals surface area (Å²) in [6.07, 6.45) is 0. The number of carbonyl (C=O) groups is 2. The Kier molecular flexibility index (Phi) is 7.12. The first-order valence-corrected chi connectivity index (χ1v) is 12.1. The van der Waals surface area contributed by atoms with Gasteiger partial charge in [-0.05, 0) is 47.4 Å². The van der Waals surface area contributed by atoms with Gasteiger partial charge in [-0.1, -0.05) is 44.2 Å². The maximum absolute atomic E-state index is 12.9. The van der Waals surface area contributed by atoms with Gasteiger partial charge in [0.05, 0.1) is 20.0 Å². The number of benzene rings is 3. The van der Waals surface area contributed by atoms with Crippen LogP contribution in [0.2, 0.25) is 0 Å². The number of hydrogen-bond acceptors (Lipinski definition) is 5. The van der Waals surface area contributed by atoms with Crippen molar-refractivity contribution in [2.75, 3.05) is 30.2 Å². The van der Waals surface area contributed by atoms with E-state index >= 15 is 0 Å². The predicted octanol–water partition coefficient (Wildman–Crippen LogP) is 5.86. The first-order valence-electron chi connectivity index (χ1n) is 11.1. The number of ether oxygens (including phenoxy) is 2. The van der Waals surface area contributed by atoms with Crippen molar-refractivity contribution in [1.82, 2.24) is 0 Å². The molecule has 34 heavy (non-hydrogen) atoms. The molecule has 176 valence electrons. The number of amides is 2. The van der Waals surface area contributed by atoms with Crippen LogP contribution < -0.4 is 19.7 Å². The van der Waals surface area contributed by atoms with Gasteiger partial charge in [-0.2, -0.15) is 0 Å². The molecule has 0 radical (unpaired) electrons. The van der Waals surface area contributed by atoms with Gasteiger partial charge >= 0.3 is 0 Å². The third-order valence-corrected chi connectivity index (χ3v) is 6.94. The van der Waals surface area contributed by atoms with Crippen molar-refractivity contribution in [1.29, 1.82) is 0 Å². The van der Waals surface area contributed by atoms with Gasteiger partial charge in [0.25, 0.3) is 5.91 Å². The third-order valence-electron chi connectivity index (χ3n) is 5.73. The summed E-state index contributed by atoms with van der Waals surface area (Å²) in [7, 11) is 3.09. The lowest BCUT2D eigenvalue weighted by Gasteiger charge is -2.28. The summed E-state index contributed by atoms with van der Waals surface area (Å²) in [6.45, 7) is 4.26. The maximum atomic E-state index is 12.9. The smallest absolute Gasteiger partial charge is 0.255 e. The van der Waals surface area contributed by atoms with E-state index in [4.69, 9.17) is 9.47 Å². The van der Waals surface area contributed by atoms with Crippen LogP contribution in [0.4, 0.5) is 11.4 Å². The van der Waals surface area contributed by atoms with E-state index in [1.807, 2.05) is 47.4 Å². The minimum Gasteiger partial charge on any atom is -0.497 e. The first-order chi connectivity index (χ1) is 16.4. The highest BCUT2D eigenvalue weighted by molar-refractivity contribution is 8.00. The van der Waals surface area contributed by atoms with E-state index in [-0.39, 0.29) is 17.2 Å². The normalized spacial score (nSPS) is 15.5. The van der Waals surface area contributed by atoms with Crippen LogP contribution in [0.1, 0.15) is 46.6 Å². The zero-order valence-electron chi connectivity index (χ0n) is 19.7. The van der Waals surface area contributed by atoms with Gasteiger partial charge in [0.2, 0.25) is 5.91 Å². The van der Waals surface area contributed by atoms with Crippen molar-refractivity contribution in [3.05, 3.63) is 83.4 Å². The van der Waals surface area contributed by atoms with E-state index in [0.29, 0.717) is 34.4 Å². The first kappa shape index (κ1) is 23.7. The van der Waals surface area contributed by atoms with Crippen LogP contribution in [-0.2, 0) is 4.79 Å². The Morgan fingerprint density at radius 3 is 2.38 bits per heavy atom. The highest BCUT2D eigenvalue weighted by atomic mass is 32.2. The number of hydrogen-bond donors (Lipinski definition) is 1. The second-order valence-electron chi connectivity index (χ2n) is 8.32. The van der Waals surface area contributed by atoms with Gasteiger partial charge in [-0.15, -0.1) is 11.8 Å². The van der Waals surface area contributed by atoms with E-state index in [9.17, 15) is 9.59 Å². The average Bonchev–Trinajstić information content (AvgIpc) is 3.24. The fourth-order valence-electron chi connectivity index (χ4n) is 4.04. The standard InChI is InChI=1S/C27H28N2O4S/c1-17(2)23-10-5-6-11-24(23)29-25(30)16-34-27(29)18-8-7-9-20(12-18)28-26(31)19-13-21(32-3)15-22(14-19)33-4/h5-15,17,27H,16H2,1-4H3,(H,28,31)/t27-/m0/s1. The minimum absolute atomic E-state index is 0.0843. The van der Waals surface area contributed by atoms with Crippen molar-refractivity contribution < 1.29 is 19.1 Å². The molecular formula is C27H28N2O4S. The number of nitrogens with zero attached hydrogens (tertiary/aromatic N) is 1. The maximum Gasteiger partial charge on any atom is 0.255 e. The van der Waals surface area contributed by atoms with Crippen LogP contribution >= 0.6 is 11.8 Å². The zero-order valence-corrected chi connectivity index (χ0v) is 20.5. The molecule has 0 spiro atoms. The Hall–Kier alpha value is -3.45. The van der Waals surface area contributed by atoms with E-state index in [1.165, 1.54) is 0 Å². The number of para-hydroxylation sites is 1. The van der Waals surface area contributed by atoms with Crippen molar-refractivity contribution in [3.8, 4) is 11.5 Å². The molecule has 4 rings (SSSR count). The molecule has 1 atom stereocenters. The third kappa shape index (κ3) is 4.89. The summed E-state index contributed by atoms with van der Waals surface area (Å²) in [5.74, 6) is 1.60. The van der Waals surface area contributed by atoms with Crippen LogP contribution in [0.5, 0.6) is 11.5 Å². The number of methoxy groups -OCH3 is 2. The molecule has 3 aromatic carbocycles. The molecule has 6 nitrogen and oxygen atoms in total. The molecule has 3 aromatic rings. The molecule has 1 fully saturated rings. The highest BCUT2D eigenvalue weighted by Gasteiger charge is 2.35. The lowest BCUT2D eigenvalue weighted by molar-refractivity contribution is -0.115. The summed E-state index contributed by atoms with van der Waals surface area (Å²) in [4.78, 5) is 27.7. The molecule has 0 bridgehead atoms. The lowest BCUT2D eigenvalue weighted by Crippen LogP contribution is -2.29. The molecule has 0 aliphatic carbocycles. The van der Waals surface area contributed by atoms with Gasteiger partial charge < -0.3 is 14.8 Å². The average molecular weight is 477 g/mol. The van der Waals surface area contributed by atoms with Gasteiger partial charge in [0.15, 0.2) is 0 Å². The fraction of sp³-hybridized carbons (Fsp3) is 0.259. The second-order valence-corrected chi connectivity index (χ2v) is 9.39. The summed E-state index contributed by atoms with van der Waals surface area (Å²) >= 11 is 1.59. The van der Waals surface area contributed by atoms with Crippen molar-refractivity contribution in [2.24, 2.45) is 0 Å². The van der Waals surface area contributed by atoms with Crippen LogP contribution in [0.3, 0.4) is 0 Å². The van der Waals surface area contributed by atoms with E-state index in [0.717, 1.165) is 16.8 Å². The predicted molar refractivity (Wildman–Crippen MR) is 137 cm³/mol. The molecule has 0 unspecified atom stereocenters. The Bertz CT molecular complexity index is 1190. The minimum atomic E-state index is -0.272. The number of thioether (sulfide) groups is 1. The van der Waals surface area contributed by atoms with Crippen LogP contribution in [0, 0.1) is 0 Å². The van der Waals surface area contributed by atoms with Crippen LogP contribution in [-0.4, -0.2) is 31.8 Å². The van der Waals surface area contributed by atoms with Crippen molar-refractivity contribution in [2.45, 2.75) is 25.1 Å². The Morgan fingerprint density at radius 2 is 1.71 bits per heavy atom. The summed E-state index contributed by atoms with van der Waals surface area (Å²) in [6, 6.07) is 20.8. The molecule has 1 saturated heterocycles. The molecule has 1 aliphatic heterocycles. The number of anilines is 2. The molecule has 0 aromatic heterocycles. The molecule has 1 heterocycles. The number of carbonyl (C=O) groups excluding carboxylic acids is 2. The van der Waals surface area contributed by atoms with Crippen LogP contribution in [0.15, 0.2) is 66.7 Å². The Labute approximate surface area is 204 Å². The summed E-state index contributed by atoms with van der Waals surface area (Å²) in [5.41, 5.74) is 4.12. The molecule has 1 N–H and O–H groups in total. The SMILES string of the molecule is COc1cc(OC)cc(C(=O)Nc2cccc([C@@H]3SCC(=O)N3c3ccccc3C(C)C)c2)c1. The monoisotopic (exact) mass is 476 g/mol. The summed E-state index contributed by atoms with van der Waals surface area (Å²) in [5, 5.41) is 2.79. The summed E-state index contributed by atoms with van der Waals surface area (Å²) < 4.78 is 10.5. The van der Waals surface area contributed by atoms with Gasteiger partial charge in [0, 0.05) is 23.0 Å². The molecule has 1 aliphatic rings. The lowest BCUT2D eigenvalue weighted by atomic mass is 10.00. The Balaban J connectivity index is 1.61. The van der Waals surface area contributed by atoms with Gasteiger partial charge in [0.1, 0.15) is 16.9 Å².